The van der Waals surface area contributed by atoms with Crippen LogP contribution in [0.15, 0.2) is 0 Å². The molecule has 0 heterocycles. The first-order chi connectivity index (χ1) is 6.21. The number of carbonyl (C=O) groups excluding carboxylic acids is 1. The Kier molecular flexibility index (Phi) is 4.24. The van der Waals surface area contributed by atoms with Gasteiger partial charge in [0.05, 0.1) is 0 Å². The van der Waals surface area contributed by atoms with Crippen molar-refractivity contribution in [3.8, 4) is 0 Å². The van der Waals surface area contributed by atoms with Crippen LogP contribution in [0.2, 0.25) is 0 Å². The summed E-state index contributed by atoms with van der Waals surface area (Å²) in [5.41, 5.74) is -0.143. The molecule has 0 aromatic rings. The third kappa shape index (κ3) is 2.70. The van der Waals surface area contributed by atoms with Crippen molar-refractivity contribution in [3.63, 3.8) is 0 Å². The van der Waals surface area contributed by atoms with Crippen LogP contribution in [0.5, 0.6) is 0 Å². The molecule has 0 aromatic heterocycles. The summed E-state index contributed by atoms with van der Waals surface area (Å²) in [6.45, 7) is 2.16. The molecule has 0 aromatic carbocycles. The lowest BCUT2D eigenvalue weighted by atomic mass is 9.72. The topological polar surface area (TPSA) is 17.1 Å². The third-order valence-corrected chi connectivity index (χ3v) is 3.64. The van der Waals surface area contributed by atoms with E-state index in [9.17, 15) is 4.79 Å². The van der Waals surface area contributed by atoms with E-state index in [4.69, 9.17) is 11.6 Å². The lowest BCUT2D eigenvalue weighted by Gasteiger charge is -2.33. The second-order valence-electron chi connectivity index (χ2n) is 4.22. The predicted octanol–water partition coefficient (Wildman–Crippen LogP) is 3.89. The molecule has 0 N–H and O–H groups in total. The zero-order valence-electron chi connectivity index (χ0n) is 8.44. The quantitative estimate of drug-likeness (QED) is 0.633. The minimum atomic E-state index is -0.143. The number of rotatable bonds is 4. The Labute approximate surface area is 85.8 Å². The molecule has 0 saturated heterocycles. The highest BCUT2D eigenvalue weighted by atomic mass is 35.5. The van der Waals surface area contributed by atoms with Crippen molar-refractivity contribution in [2.45, 2.75) is 58.3 Å². The highest BCUT2D eigenvalue weighted by Crippen LogP contribution is 2.42. The van der Waals surface area contributed by atoms with Gasteiger partial charge in [-0.3, -0.25) is 4.79 Å². The van der Waals surface area contributed by atoms with Crippen LogP contribution in [0.25, 0.3) is 0 Å². The number of hydrogen-bond donors (Lipinski definition) is 0. The van der Waals surface area contributed by atoms with Crippen molar-refractivity contribution in [1.82, 2.24) is 0 Å². The van der Waals surface area contributed by atoms with E-state index < -0.39 is 0 Å². The molecular weight excluding hydrogens is 184 g/mol. The van der Waals surface area contributed by atoms with Crippen molar-refractivity contribution in [2.75, 3.05) is 0 Å². The number of unbranched alkanes of at least 4 members (excludes halogenated alkanes) is 1. The molecular formula is C11H19ClO. The lowest BCUT2D eigenvalue weighted by molar-refractivity contribution is -0.122. The van der Waals surface area contributed by atoms with Crippen LogP contribution >= 0.6 is 11.6 Å². The minimum absolute atomic E-state index is 0.0827. The van der Waals surface area contributed by atoms with Gasteiger partial charge >= 0.3 is 0 Å². The van der Waals surface area contributed by atoms with Crippen LogP contribution < -0.4 is 0 Å². The maximum Gasteiger partial charge on any atom is 0.227 e. The molecule has 1 saturated carbocycles. The summed E-state index contributed by atoms with van der Waals surface area (Å²) in [7, 11) is 0. The Morgan fingerprint density at radius 1 is 1.31 bits per heavy atom. The zero-order chi connectivity index (χ0) is 9.73. The average Bonchev–Trinajstić information content (AvgIpc) is 2.16. The van der Waals surface area contributed by atoms with Crippen LogP contribution in [-0.2, 0) is 4.79 Å². The Morgan fingerprint density at radius 2 is 1.92 bits per heavy atom. The first-order valence-electron chi connectivity index (χ1n) is 5.41. The first-order valence-corrected chi connectivity index (χ1v) is 5.79. The fourth-order valence-corrected chi connectivity index (χ4v) is 2.57. The number of halogens is 1. The molecule has 1 rings (SSSR count). The Bertz CT molecular complexity index is 171. The van der Waals surface area contributed by atoms with Crippen molar-refractivity contribution < 1.29 is 4.79 Å². The van der Waals surface area contributed by atoms with E-state index in [1.807, 2.05) is 0 Å². The third-order valence-electron chi connectivity index (χ3n) is 3.24. The molecule has 0 unspecified atom stereocenters. The Hall–Kier alpha value is -0.0400. The fourth-order valence-electron chi connectivity index (χ4n) is 2.29. The van der Waals surface area contributed by atoms with E-state index >= 15 is 0 Å². The standard InChI is InChI=1S/C11H19ClO/c1-2-3-7-11(10(12)13)8-5-4-6-9-11/h2-9H2,1H3. The van der Waals surface area contributed by atoms with E-state index in [1.54, 1.807) is 0 Å². The predicted molar refractivity (Wildman–Crippen MR) is 55.9 cm³/mol. The summed E-state index contributed by atoms with van der Waals surface area (Å²) in [6, 6.07) is 0. The van der Waals surface area contributed by atoms with Gasteiger partial charge in [-0.05, 0) is 30.9 Å². The van der Waals surface area contributed by atoms with E-state index in [1.165, 1.54) is 19.3 Å². The van der Waals surface area contributed by atoms with E-state index in [0.717, 1.165) is 32.1 Å². The molecule has 13 heavy (non-hydrogen) atoms. The molecule has 0 amide bonds. The highest BCUT2D eigenvalue weighted by Gasteiger charge is 2.37. The lowest BCUT2D eigenvalue weighted by Crippen LogP contribution is -2.30. The molecule has 1 fully saturated rings. The smallest absolute Gasteiger partial charge is 0.227 e. The summed E-state index contributed by atoms with van der Waals surface area (Å²) in [5.74, 6) is 0. The summed E-state index contributed by atoms with van der Waals surface area (Å²) in [5, 5.41) is -0.0827. The maximum absolute atomic E-state index is 11.4. The summed E-state index contributed by atoms with van der Waals surface area (Å²) < 4.78 is 0. The maximum atomic E-state index is 11.4. The Morgan fingerprint density at radius 3 is 2.38 bits per heavy atom. The molecule has 0 spiro atoms. The molecule has 0 bridgehead atoms. The molecule has 2 heteroatoms. The van der Waals surface area contributed by atoms with Gasteiger partial charge in [0.2, 0.25) is 5.24 Å². The van der Waals surface area contributed by atoms with Gasteiger partial charge < -0.3 is 0 Å². The van der Waals surface area contributed by atoms with Crippen LogP contribution in [0, 0.1) is 5.41 Å². The van der Waals surface area contributed by atoms with E-state index in [-0.39, 0.29) is 10.7 Å². The molecule has 0 aliphatic heterocycles. The zero-order valence-corrected chi connectivity index (χ0v) is 9.20. The number of carbonyl (C=O) groups is 1. The second kappa shape index (κ2) is 4.99. The van der Waals surface area contributed by atoms with Crippen LogP contribution in [0.3, 0.4) is 0 Å². The molecule has 1 nitrogen and oxygen atoms in total. The van der Waals surface area contributed by atoms with E-state index in [0.29, 0.717) is 0 Å². The Balaban J connectivity index is 2.56. The summed E-state index contributed by atoms with van der Waals surface area (Å²) in [4.78, 5) is 11.4. The molecule has 0 atom stereocenters. The molecule has 1 aliphatic rings. The monoisotopic (exact) mass is 202 g/mol. The molecule has 0 radical (unpaired) electrons. The van der Waals surface area contributed by atoms with Crippen LogP contribution in [-0.4, -0.2) is 5.24 Å². The van der Waals surface area contributed by atoms with Crippen molar-refractivity contribution in [2.24, 2.45) is 5.41 Å². The van der Waals surface area contributed by atoms with Gasteiger partial charge in [0.25, 0.3) is 0 Å². The average molecular weight is 203 g/mol. The van der Waals surface area contributed by atoms with Gasteiger partial charge in [-0.25, -0.2) is 0 Å². The second-order valence-corrected chi connectivity index (χ2v) is 4.56. The molecule has 76 valence electrons. The minimum Gasteiger partial charge on any atom is -0.281 e. The van der Waals surface area contributed by atoms with Gasteiger partial charge in [0.1, 0.15) is 0 Å². The van der Waals surface area contributed by atoms with Crippen molar-refractivity contribution in [1.29, 1.82) is 0 Å². The molecule has 1 aliphatic carbocycles. The normalized spacial score (nSPS) is 21.4. The number of hydrogen-bond acceptors (Lipinski definition) is 1. The van der Waals surface area contributed by atoms with Gasteiger partial charge in [-0.15, -0.1) is 0 Å². The van der Waals surface area contributed by atoms with Crippen molar-refractivity contribution in [3.05, 3.63) is 0 Å². The summed E-state index contributed by atoms with van der Waals surface area (Å²) >= 11 is 5.71. The van der Waals surface area contributed by atoms with Crippen molar-refractivity contribution >= 4 is 16.8 Å². The van der Waals surface area contributed by atoms with Crippen LogP contribution in [0.4, 0.5) is 0 Å². The van der Waals surface area contributed by atoms with Gasteiger partial charge in [0, 0.05) is 5.41 Å². The SMILES string of the molecule is CCCCC1(C(=O)Cl)CCCCC1. The first kappa shape index (κ1) is 11.0. The summed E-state index contributed by atoms with van der Waals surface area (Å²) in [6.07, 6.45) is 8.99. The van der Waals surface area contributed by atoms with Gasteiger partial charge in [0.15, 0.2) is 0 Å². The largest absolute Gasteiger partial charge is 0.281 e. The van der Waals surface area contributed by atoms with Gasteiger partial charge in [-0.1, -0.05) is 39.0 Å². The highest BCUT2D eigenvalue weighted by molar-refractivity contribution is 6.64. The van der Waals surface area contributed by atoms with Gasteiger partial charge in [-0.2, -0.15) is 0 Å². The van der Waals surface area contributed by atoms with Crippen LogP contribution in [0.1, 0.15) is 58.3 Å². The fraction of sp³-hybridized carbons (Fsp3) is 0.909. The van der Waals surface area contributed by atoms with E-state index in [2.05, 4.69) is 6.92 Å².